The van der Waals surface area contributed by atoms with Crippen LogP contribution in [-0.2, 0) is 4.79 Å². The molecule has 1 aromatic rings. The van der Waals surface area contributed by atoms with Crippen molar-refractivity contribution in [3.63, 3.8) is 0 Å². The van der Waals surface area contributed by atoms with Crippen LogP contribution in [0.15, 0.2) is 18.2 Å². The molecular formula is C14H21N3O. The topological polar surface area (TPSA) is 68.0 Å². The molecule has 0 saturated heterocycles. The Morgan fingerprint density at radius 2 is 2.33 bits per heavy atom. The van der Waals surface area contributed by atoms with Crippen LogP contribution in [0, 0.1) is 12.8 Å². The van der Waals surface area contributed by atoms with Crippen molar-refractivity contribution in [3.8, 4) is 0 Å². The molecule has 0 spiro atoms. The molecule has 18 heavy (non-hydrogen) atoms. The Labute approximate surface area is 108 Å². The largest absolute Gasteiger partial charge is 0.317 e. The van der Waals surface area contributed by atoms with Gasteiger partial charge in [-0.2, -0.15) is 0 Å². The van der Waals surface area contributed by atoms with Gasteiger partial charge in [-0.1, -0.05) is 25.8 Å². The number of nitrogens with one attached hydrogen (secondary N) is 1. The molecule has 2 rings (SSSR count). The van der Waals surface area contributed by atoms with Gasteiger partial charge in [-0.05, 0) is 37.8 Å². The zero-order valence-electron chi connectivity index (χ0n) is 11.1. The van der Waals surface area contributed by atoms with Crippen LogP contribution in [0.3, 0.4) is 0 Å². The van der Waals surface area contributed by atoms with Crippen molar-refractivity contribution in [3.05, 3.63) is 23.9 Å². The van der Waals surface area contributed by atoms with E-state index in [1.807, 2.05) is 19.1 Å². The molecule has 1 aliphatic carbocycles. The number of rotatable bonds is 2. The van der Waals surface area contributed by atoms with E-state index >= 15 is 0 Å². The van der Waals surface area contributed by atoms with Gasteiger partial charge in [0.1, 0.15) is 5.82 Å². The summed E-state index contributed by atoms with van der Waals surface area (Å²) >= 11 is 0. The fraction of sp³-hybridized carbons (Fsp3) is 0.571. The SMILES string of the molecule is Cc1cccc(NC(=O)C2(N)CCCC(C)C2)n1. The van der Waals surface area contributed by atoms with Gasteiger partial charge in [-0.15, -0.1) is 0 Å². The lowest BCUT2D eigenvalue weighted by Crippen LogP contribution is -2.53. The Morgan fingerprint density at radius 3 is 3.00 bits per heavy atom. The smallest absolute Gasteiger partial charge is 0.245 e. The predicted octanol–water partition coefficient (Wildman–Crippen LogP) is 2.24. The molecular weight excluding hydrogens is 226 g/mol. The molecule has 1 heterocycles. The lowest BCUT2D eigenvalue weighted by Gasteiger charge is -2.35. The highest BCUT2D eigenvalue weighted by Gasteiger charge is 2.38. The number of hydrogen-bond acceptors (Lipinski definition) is 3. The van der Waals surface area contributed by atoms with Crippen LogP contribution in [-0.4, -0.2) is 16.4 Å². The van der Waals surface area contributed by atoms with E-state index in [0.29, 0.717) is 11.7 Å². The second-order valence-corrected chi connectivity index (χ2v) is 5.48. The molecule has 1 saturated carbocycles. The van der Waals surface area contributed by atoms with E-state index in [2.05, 4.69) is 17.2 Å². The number of aryl methyl sites for hydroxylation is 1. The number of nitrogens with zero attached hydrogens (tertiary/aromatic N) is 1. The third-order valence-corrected chi connectivity index (χ3v) is 3.61. The molecule has 0 aromatic carbocycles. The molecule has 0 aliphatic heterocycles. The molecule has 4 heteroatoms. The normalized spacial score (nSPS) is 27.8. The van der Waals surface area contributed by atoms with Crippen LogP contribution in [0.4, 0.5) is 5.82 Å². The molecule has 3 N–H and O–H groups in total. The van der Waals surface area contributed by atoms with Crippen molar-refractivity contribution >= 4 is 11.7 Å². The van der Waals surface area contributed by atoms with Gasteiger partial charge in [0, 0.05) is 5.69 Å². The highest BCUT2D eigenvalue weighted by molar-refractivity contribution is 5.97. The highest BCUT2D eigenvalue weighted by atomic mass is 16.2. The summed E-state index contributed by atoms with van der Waals surface area (Å²) in [5.74, 6) is 0.996. The molecule has 2 atom stereocenters. The number of carbonyl (C=O) groups is 1. The molecule has 0 radical (unpaired) electrons. The Bertz CT molecular complexity index is 446. The summed E-state index contributed by atoms with van der Waals surface area (Å²) < 4.78 is 0. The van der Waals surface area contributed by atoms with Crippen LogP contribution < -0.4 is 11.1 Å². The van der Waals surface area contributed by atoms with E-state index in [-0.39, 0.29) is 5.91 Å². The minimum atomic E-state index is -0.733. The summed E-state index contributed by atoms with van der Waals surface area (Å²) in [7, 11) is 0. The Morgan fingerprint density at radius 1 is 1.56 bits per heavy atom. The number of hydrogen-bond donors (Lipinski definition) is 2. The van der Waals surface area contributed by atoms with Crippen molar-refractivity contribution in [1.82, 2.24) is 4.98 Å². The van der Waals surface area contributed by atoms with E-state index < -0.39 is 5.54 Å². The van der Waals surface area contributed by atoms with Crippen LogP contribution in [0.1, 0.15) is 38.3 Å². The monoisotopic (exact) mass is 247 g/mol. The second kappa shape index (κ2) is 5.06. The number of anilines is 1. The van der Waals surface area contributed by atoms with Crippen molar-refractivity contribution in [1.29, 1.82) is 0 Å². The minimum Gasteiger partial charge on any atom is -0.317 e. The van der Waals surface area contributed by atoms with E-state index in [0.717, 1.165) is 31.4 Å². The molecule has 4 nitrogen and oxygen atoms in total. The molecule has 1 amide bonds. The van der Waals surface area contributed by atoms with Gasteiger partial charge in [0.2, 0.25) is 5.91 Å². The maximum absolute atomic E-state index is 12.3. The molecule has 1 aliphatic rings. The van der Waals surface area contributed by atoms with Crippen molar-refractivity contribution in [2.24, 2.45) is 11.7 Å². The number of amides is 1. The van der Waals surface area contributed by atoms with Gasteiger partial charge >= 0.3 is 0 Å². The Hall–Kier alpha value is -1.42. The number of pyridine rings is 1. The maximum Gasteiger partial charge on any atom is 0.245 e. The van der Waals surface area contributed by atoms with E-state index in [4.69, 9.17) is 5.73 Å². The molecule has 1 aromatic heterocycles. The zero-order valence-corrected chi connectivity index (χ0v) is 11.1. The maximum atomic E-state index is 12.3. The average molecular weight is 247 g/mol. The first-order chi connectivity index (χ1) is 8.49. The standard InChI is InChI=1S/C14H21N3O/c1-10-5-4-8-14(15,9-10)13(18)17-12-7-3-6-11(2)16-12/h3,6-7,10H,4-5,8-9,15H2,1-2H3,(H,16,17,18). The fourth-order valence-electron chi connectivity index (χ4n) is 2.65. The third-order valence-electron chi connectivity index (χ3n) is 3.61. The average Bonchev–Trinajstić information content (AvgIpc) is 2.28. The summed E-state index contributed by atoms with van der Waals surface area (Å²) in [4.78, 5) is 16.5. The lowest BCUT2D eigenvalue weighted by atomic mass is 9.76. The molecule has 0 bridgehead atoms. The van der Waals surface area contributed by atoms with Crippen LogP contribution >= 0.6 is 0 Å². The third kappa shape index (κ3) is 2.88. The lowest BCUT2D eigenvalue weighted by molar-refractivity contribution is -0.122. The first-order valence-electron chi connectivity index (χ1n) is 6.53. The van der Waals surface area contributed by atoms with Crippen molar-refractivity contribution in [2.75, 3.05) is 5.32 Å². The van der Waals surface area contributed by atoms with Gasteiger partial charge < -0.3 is 11.1 Å². The second-order valence-electron chi connectivity index (χ2n) is 5.48. The van der Waals surface area contributed by atoms with Crippen LogP contribution in [0.25, 0.3) is 0 Å². The summed E-state index contributed by atoms with van der Waals surface area (Å²) in [6, 6.07) is 5.57. The summed E-state index contributed by atoms with van der Waals surface area (Å²) in [6.07, 6.45) is 3.70. The van der Waals surface area contributed by atoms with Gasteiger partial charge in [0.15, 0.2) is 0 Å². The van der Waals surface area contributed by atoms with Crippen molar-refractivity contribution < 1.29 is 4.79 Å². The highest BCUT2D eigenvalue weighted by Crippen LogP contribution is 2.31. The van der Waals surface area contributed by atoms with Gasteiger partial charge in [0.25, 0.3) is 0 Å². The molecule has 98 valence electrons. The summed E-state index contributed by atoms with van der Waals surface area (Å²) in [5.41, 5.74) is 6.39. The van der Waals surface area contributed by atoms with E-state index in [1.165, 1.54) is 0 Å². The molecule has 2 unspecified atom stereocenters. The van der Waals surface area contributed by atoms with Crippen LogP contribution in [0.5, 0.6) is 0 Å². The number of carbonyl (C=O) groups excluding carboxylic acids is 1. The van der Waals surface area contributed by atoms with Crippen LogP contribution in [0.2, 0.25) is 0 Å². The summed E-state index contributed by atoms with van der Waals surface area (Å²) in [6.45, 7) is 4.05. The first-order valence-corrected chi connectivity index (χ1v) is 6.53. The van der Waals surface area contributed by atoms with Gasteiger partial charge in [-0.25, -0.2) is 4.98 Å². The van der Waals surface area contributed by atoms with E-state index in [1.54, 1.807) is 6.07 Å². The quantitative estimate of drug-likeness (QED) is 0.842. The number of aromatic nitrogens is 1. The van der Waals surface area contributed by atoms with E-state index in [9.17, 15) is 4.79 Å². The van der Waals surface area contributed by atoms with Crippen molar-refractivity contribution in [2.45, 2.75) is 45.1 Å². The molecule has 1 fully saturated rings. The first kappa shape index (κ1) is 13.0. The Balaban J connectivity index is 2.07. The summed E-state index contributed by atoms with van der Waals surface area (Å²) in [5, 5.41) is 2.84. The van der Waals surface area contributed by atoms with Gasteiger partial charge in [0.05, 0.1) is 5.54 Å². The zero-order chi connectivity index (χ0) is 13.2. The predicted molar refractivity (Wildman–Crippen MR) is 72.2 cm³/mol. The number of nitrogens with two attached hydrogens (primary N) is 1. The Kier molecular flexibility index (Phi) is 3.66. The fourth-order valence-corrected chi connectivity index (χ4v) is 2.65. The van der Waals surface area contributed by atoms with Gasteiger partial charge in [-0.3, -0.25) is 4.79 Å². The minimum absolute atomic E-state index is 0.104.